The van der Waals surface area contributed by atoms with Crippen molar-refractivity contribution in [3.63, 3.8) is 0 Å². The van der Waals surface area contributed by atoms with Crippen LogP contribution in [0.3, 0.4) is 0 Å². The first kappa shape index (κ1) is 16.8. The van der Waals surface area contributed by atoms with Gasteiger partial charge in [-0.15, -0.1) is 0 Å². The summed E-state index contributed by atoms with van der Waals surface area (Å²) in [5.74, 6) is 0.260. The summed E-state index contributed by atoms with van der Waals surface area (Å²) in [6.45, 7) is 3.60. The molecule has 1 aromatic carbocycles. The maximum atomic E-state index is 13.4. The molecule has 6 heteroatoms. The first-order valence-corrected chi connectivity index (χ1v) is 9.17. The van der Waals surface area contributed by atoms with E-state index in [9.17, 15) is 9.59 Å². The van der Waals surface area contributed by atoms with Gasteiger partial charge >= 0.3 is 0 Å². The van der Waals surface area contributed by atoms with Crippen LogP contribution in [0, 0.1) is 12.3 Å². The molecule has 2 saturated heterocycles. The van der Waals surface area contributed by atoms with Crippen LogP contribution in [0.15, 0.2) is 41.1 Å². The molecule has 2 aliphatic heterocycles. The van der Waals surface area contributed by atoms with E-state index in [0.717, 1.165) is 37.9 Å². The highest BCUT2D eigenvalue weighted by molar-refractivity contribution is 5.99. The molecule has 4 rings (SSSR count). The fourth-order valence-electron chi connectivity index (χ4n) is 4.26. The Bertz CT molecular complexity index is 813. The van der Waals surface area contributed by atoms with Crippen LogP contribution in [0.4, 0.5) is 5.69 Å². The molecule has 1 atom stereocenters. The molecule has 0 bridgehead atoms. The van der Waals surface area contributed by atoms with Crippen molar-refractivity contribution in [1.29, 1.82) is 0 Å². The third-order valence-electron chi connectivity index (χ3n) is 5.61. The summed E-state index contributed by atoms with van der Waals surface area (Å²) < 4.78 is 5.27. The fraction of sp³-hybridized carbons (Fsp3) is 0.450. The molecule has 136 valence electrons. The van der Waals surface area contributed by atoms with Gasteiger partial charge in [-0.3, -0.25) is 9.59 Å². The van der Waals surface area contributed by atoms with Crippen LogP contribution in [-0.4, -0.2) is 41.3 Å². The molecule has 1 aromatic heterocycles. The lowest BCUT2D eigenvalue weighted by Gasteiger charge is -2.47. The monoisotopic (exact) mass is 353 g/mol. The van der Waals surface area contributed by atoms with Gasteiger partial charge < -0.3 is 14.2 Å². The number of piperidine rings is 2. The maximum Gasteiger partial charge on any atom is 0.291 e. The van der Waals surface area contributed by atoms with E-state index in [1.54, 1.807) is 11.8 Å². The minimum Gasteiger partial charge on any atom is -0.438 e. The number of hydrogen-bond donors (Lipinski definition) is 0. The summed E-state index contributed by atoms with van der Waals surface area (Å²) in [5.41, 5.74) is 1.04. The van der Waals surface area contributed by atoms with Crippen LogP contribution in [0.5, 0.6) is 0 Å². The minimum atomic E-state index is -0.490. The molecule has 6 nitrogen and oxygen atoms in total. The quantitative estimate of drug-likeness (QED) is 0.832. The summed E-state index contributed by atoms with van der Waals surface area (Å²) in [4.78, 5) is 33.9. The topological polar surface area (TPSA) is 66.7 Å². The fourth-order valence-corrected chi connectivity index (χ4v) is 4.26. The molecule has 1 spiro atoms. The van der Waals surface area contributed by atoms with Crippen molar-refractivity contribution in [3.05, 3.63) is 48.2 Å². The zero-order valence-corrected chi connectivity index (χ0v) is 15.0. The predicted molar refractivity (Wildman–Crippen MR) is 96.8 cm³/mol. The van der Waals surface area contributed by atoms with Crippen LogP contribution in [-0.2, 0) is 4.79 Å². The Morgan fingerprint density at radius 1 is 1.15 bits per heavy atom. The Morgan fingerprint density at radius 2 is 1.88 bits per heavy atom. The lowest BCUT2D eigenvalue weighted by Crippen LogP contribution is -2.57. The first-order valence-electron chi connectivity index (χ1n) is 9.17. The number of oxazole rings is 1. The molecule has 0 saturated carbocycles. The van der Waals surface area contributed by atoms with Crippen molar-refractivity contribution < 1.29 is 14.0 Å². The smallest absolute Gasteiger partial charge is 0.291 e. The van der Waals surface area contributed by atoms with E-state index < -0.39 is 5.41 Å². The van der Waals surface area contributed by atoms with Crippen LogP contribution in [0.1, 0.15) is 41.9 Å². The number of para-hydroxylation sites is 1. The van der Waals surface area contributed by atoms with Crippen molar-refractivity contribution >= 4 is 17.5 Å². The molecule has 2 aliphatic rings. The van der Waals surface area contributed by atoms with E-state index in [2.05, 4.69) is 4.98 Å². The molecule has 0 N–H and O–H groups in total. The molecule has 1 unspecified atom stereocenters. The zero-order valence-electron chi connectivity index (χ0n) is 15.0. The van der Waals surface area contributed by atoms with E-state index in [4.69, 9.17) is 4.42 Å². The molecule has 2 aromatic rings. The Hall–Kier alpha value is -2.63. The average Bonchev–Trinajstić information content (AvgIpc) is 3.10. The highest BCUT2D eigenvalue weighted by atomic mass is 16.3. The predicted octanol–water partition coefficient (Wildman–Crippen LogP) is 3.03. The molecule has 0 radical (unpaired) electrons. The van der Waals surface area contributed by atoms with E-state index >= 15 is 0 Å². The van der Waals surface area contributed by atoms with Crippen molar-refractivity contribution in [3.8, 4) is 0 Å². The van der Waals surface area contributed by atoms with Gasteiger partial charge in [-0.25, -0.2) is 4.98 Å². The van der Waals surface area contributed by atoms with Gasteiger partial charge in [0.05, 0.1) is 11.1 Å². The third-order valence-corrected chi connectivity index (χ3v) is 5.61. The molecule has 26 heavy (non-hydrogen) atoms. The van der Waals surface area contributed by atoms with Gasteiger partial charge in [0.15, 0.2) is 6.39 Å². The van der Waals surface area contributed by atoms with Gasteiger partial charge in [0, 0.05) is 25.3 Å². The van der Waals surface area contributed by atoms with Crippen LogP contribution in [0.25, 0.3) is 0 Å². The SMILES string of the molecule is Cc1ncoc1C(=O)N1CCCC2(CCCN(c3ccccc3)C2=O)C1. The third kappa shape index (κ3) is 2.79. The number of carbonyl (C=O) groups excluding carboxylic acids is 2. The van der Waals surface area contributed by atoms with Crippen molar-refractivity contribution in [2.24, 2.45) is 5.41 Å². The highest BCUT2D eigenvalue weighted by Gasteiger charge is 2.48. The van der Waals surface area contributed by atoms with Gasteiger partial charge in [-0.1, -0.05) is 18.2 Å². The van der Waals surface area contributed by atoms with Gasteiger partial charge in [-0.2, -0.15) is 0 Å². The first-order chi connectivity index (χ1) is 12.6. The summed E-state index contributed by atoms with van der Waals surface area (Å²) >= 11 is 0. The largest absolute Gasteiger partial charge is 0.438 e. The Balaban J connectivity index is 1.58. The Morgan fingerprint density at radius 3 is 2.58 bits per heavy atom. The second-order valence-electron chi connectivity index (χ2n) is 7.27. The Labute approximate surface area is 152 Å². The van der Waals surface area contributed by atoms with Crippen molar-refractivity contribution in [1.82, 2.24) is 9.88 Å². The van der Waals surface area contributed by atoms with Crippen LogP contribution < -0.4 is 4.90 Å². The van der Waals surface area contributed by atoms with Crippen LogP contribution >= 0.6 is 0 Å². The summed E-state index contributed by atoms with van der Waals surface area (Å²) in [6.07, 6.45) is 4.73. The number of aryl methyl sites for hydroxylation is 1. The van der Waals surface area contributed by atoms with Gasteiger partial charge in [0.25, 0.3) is 5.91 Å². The number of aromatic nitrogens is 1. The van der Waals surface area contributed by atoms with Gasteiger partial charge in [0.2, 0.25) is 11.7 Å². The second-order valence-corrected chi connectivity index (χ2v) is 7.27. The molecule has 3 heterocycles. The highest BCUT2D eigenvalue weighted by Crippen LogP contribution is 2.41. The Kier molecular flexibility index (Phi) is 4.26. The molecular weight excluding hydrogens is 330 g/mol. The van der Waals surface area contributed by atoms with E-state index in [0.29, 0.717) is 18.8 Å². The number of likely N-dealkylation sites (tertiary alicyclic amines) is 1. The molecular formula is C20H23N3O3. The molecule has 2 amide bonds. The minimum absolute atomic E-state index is 0.141. The number of anilines is 1. The van der Waals surface area contributed by atoms with Crippen LogP contribution in [0.2, 0.25) is 0 Å². The average molecular weight is 353 g/mol. The standard InChI is InChI=1S/C20H23N3O3/c1-15-17(26-14-21-15)18(24)22-11-5-9-20(13-22)10-6-12-23(19(20)25)16-7-3-2-4-8-16/h2-4,7-8,14H,5-6,9-13H2,1H3. The van der Waals surface area contributed by atoms with Gasteiger partial charge in [0.1, 0.15) is 0 Å². The summed E-state index contributed by atoms with van der Waals surface area (Å²) in [6, 6.07) is 9.80. The molecule has 2 fully saturated rings. The normalized spacial score (nSPS) is 23.5. The number of hydrogen-bond acceptors (Lipinski definition) is 4. The number of nitrogens with zero attached hydrogens (tertiary/aromatic N) is 3. The number of rotatable bonds is 2. The zero-order chi connectivity index (χ0) is 18.1. The number of benzene rings is 1. The number of amides is 2. The van der Waals surface area contributed by atoms with Crippen molar-refractivity contribution in [2.45, 2.75) is 32.6 Å². The van der Waals surface area contributed by atoms with E-state index in [1.165, 1.54) is 6.39 Å². The van der Waals surface area contributed by atoms with E-state index in [-0.39, 0.29) is 17.6 Å². The second kappa shape index (κ2) is 6.59. The van der Waals surface area contributed by atoms with Crippen molar-refractivity contribution in [2.75, 3.05) is 24.5 Å². The molecule has 0 aliphatic carbocycles. The number of carbonyl (C=O) groups is 2. The van der Waals surface area contributed by atoms with Gasteiger partial charge in [-0.05, 0) is 44.7 Å². The lowest BCUT2D eigenvalue weighted by molar-refractivity contribution is -0.133. The lowest BCUT2D eigenvalue weighted by atomic mass is 9.72. The summed E-state index contributed by atoms with van der Waals surface area (Å²) in [7, 11) is 0. The summed E-state index contributed by atoms with van der Waals surface area (Å²) in [5, 5.41) is 0. The van der Waals surface area contributed by atoms with E-state index in [1.807, 2.05) is 35.2 Å². The maximum absolute atomic E-state index is 13.4.